The van der Waals surface area contributed by atoms with Crippen LogP contribution in [0.5, 0.6) is 0 Å². The molecule has 0 aromatic heterocycles. The molecular formula is C50H93NO9P+. The normalized spacial score (nSPS) is 14.4. The average Bonchev–Trinajstić information content (AvgIpc) is 3.21. The van der Waals surface area contributed by atoms with E-state index in [1.807, 2.05) is 39.4 Å². The lowest BCUT2D eigenvalue weighted by Gasteiger charge is -2.24. The number of rotatable bonds is 44. The maximum atomic E-state index is 12.7. The second kappa shape index (κ2) is 41.9. The number of aliphatic hydroxyl groups excluding tert-OH is 1. The van der Waals surface area contributed by atoms with Gasteiger partial charge in [0.1, 0.15) is 19.8 Å². The van der Waals surface area contributed by atoms with E-state index in [4.69, 9.17) is 18.5 Å². The summed E-state index contributed by atoms with van der Waals surface area (Å²) in [7, 11) is 1.43. The number of esters is 2. The van der Waals surface area contributed by atoms with Crippen molar-refractivity contribution in [3.05, 3.63) is 48.6 Å². The summed E-state index contributed by atoms with van der Waals surface area (Å²) in [5.74, 6) is -0.881. The van der Waals surface area contributed by atoms with Gasteiger partial charge < -0.3 is 24.0 Å². The van der Waals surface area contributed by atoms with Crippen molar-refractivity contribution >= 4 is 19.8 Å². The monoisotopic (exact) mass is 883 g/mol. The quantitative estimate of drug-likeness (QED) is 0.0202. The van der Waals surface area contributed by atoms with Crippen LogP contribution in [0.4, 0.5) is 0 Å². The molecule has 61 heavy (non-hydrogen) atoms. The van der Waals surface area contributed by atoms with Crippen molar-refractivity contribution in [3.8, 4) is 0 Å². The number of hydrogen-bond donors (Lipinski definition) is 2. The lowest BCUT2D eigenvalue weighted by atomic mass is 10.0. The van der Waals surface area contributed by atoms with E-state index in [1.165, 1.54) is 96.3 Å². The van der Waals surface area contributed by atoms with Gasteiger partial charge in [0.05, 0.1) is 33.9 Å². The fraction of sp³-hybridized carbons (Fsp3) is 0.800. The molecule has 0 rings (SSSR count). The van der Waals surface area contributed by atoms with E-state index >= 15 is 0 Å². The molecule has 0 spiro atoms. The lowest BCUT2D eigenvalue weighted by Crippen LogP contribution is -2.37. The summed E-state index contributed by atoms with van der Waals surface area (Å²) >= 11 is 0. The molecular weight excluding hydrogens is 790 g/mol. The van der Waals surface area contributed by atoms with Crippen LogP contribution in [0.2, 0.25) is 0 Å². The van der Waals surface area contributed by atoms with Gasteiger partial charge in [0.25, 0.3) is 0 Å². The zero-order valence-corrected chi connectivity index (χ0v) is 40.6. The van der Waals surface area contributed by atoms with E-state index < -0.39 is 32.5 Å². The van der Waals surface area contributed by atoms with Gasteiger partial charge in [-0.15, -0.1) is 0 Å². The van der Waals surface area contributed by atoms with Gasteiger partial charge in [-0.3, -0.25) is 18.6 Å². The van der Waals surface area contributed by atoms with Crippen molar-refractivity contribution in [2.24, 2.45) is 0 Å². The Bertz CT molecular complexity index is 1200. The third-order valence-electron chi connectivity index (χ3n) is 10.4. The Hall–Kier alpha value is -2.07. The first kappa shape index (κ1) is 58.9. The van der Waals surface area contributed by atoms with Crippen LogP contribution in [0.25, 0.3) is 0 Å². The van der Waals surface area contributed by atoms with E-state index in [0.717, 1.165) is 64.2 Å². The van der Waals surface area contributed by atoms with E-state index in [2.05, 4.69) is 44.2 Å². The van der Waals surface area contributed by atoms with Crippen LogP contribution in [0.1, 0.15) is 200 Å². The van der Waals surface area contributed by atoms with E-state index in [-0.39, 0.29) is 32.2 Å². The third kappa shape index (κ3) is 45.8. The number of likely N-dealkylation sites (N-methyl/N-ethyl adjacent to an activating group) is 1. The van der Waals surface area contributed by atoms with Gasteiger partial charge in [0, 0.05) is 12.8 Å². The highest BCUT2D eigenvalue weighted by Gasteiger charge is 2.27. The van der Waals surface area contributed by atoms with E-state index in [9.17, 15) is 24.2 Å². The van der Waals surface area contributed by atoms with Crippen LogP contribution in [-0.2, 0) is 32.7 Å². The number of aliphatic hydroxyl groups is 1. The predicted octanol–water partition coefficient (Wildman–Crippen LogP) is 13.2. The number of quaternary nitrogens is 1. The zero-order valence-electron chi connectivity index (χ0n) is 39.8. The van der Waals surface area contributed by atoms with Crippen molar-refractivity contribution in [2.45, 2.75) is 212 Å². The number of hydrogen-bond acceptors (Lipinski definition) is 8. The number of allylic oxidation sites excluding steroid dienone is 7. The maximum Gasteiger partial charge on any atom is 0.472 e. The largest absolute Gasteiger partial charge is 0.472 e. The Labute approximate surface area is 374 Å². The molecule has 0 heterocycles. The van der Waals surface area contributed by atoms with Gasteiger partial charge in [-0.2, -0.15) is 0 Å². The highest BCUT2D eigenvalue weighted by atomic mass is 31.2. The van der Waals surface area contributed by atoms with Crippen molar-refractivity contribution in [3.63, 3.8) is 0 Å². The summed E-state index contributed by atoms with van der Waals surface area (Å²) in [4.78, 5) is 35.5. The van der Waals surface area contributed by atoms with Crippen LogP contribution in [-0.4, -0.2) is 86.1 Å². The summed E-state index contributed by atoms with van der Waals surface area (Å²) in [6.45, 7) is 4.21. The summed E-state index contributed by atoms with van der Waals surface area (Å²) < 4.78 is 34.3. The summed E-state index contributed by atoms with van der Waals surface area (Å²) in [5.41, 5.74) is 0. The first-order valence-corrected chi connectivity index (χ1v) is 25.9. The summed E-state index contributed by atoms with van der Waals surface area (Å²) in [6.07, 6.45) is 46.5. The molecule has 2 N–H and O–H groups in total. The molecule has 0 radical (unpaired) electrons. The second-order valence-corrected chi connectivity index (χ2v) is 19.1. The molecule has 0 aliphatic heterocycles. The maximum absolute atomic E-state index is 12.7. The minimum atomic E-state index is -4.40. The van der Waals surface area contributed by atoms with E-state index in [1.54, 1.807) is 0 Å². The highest BCUT2D eigenvalue weighted by molar-refractivity contribution is 7.47. The molecule has 356 valence electrons. The molecule has 1 unspecified atom stereocenters. The predicted molar refractivity (Wildman–Crippen MR) is 253 cm³/mol. The van der Waals surface area contributed by atoms with E-state index in [0.29, 0.717) is 23.9 Å². The van der Waals surface area contributed by atoms with Gasteiger partial charge in [-0.1, -0.05) is 191 Å². The number of nitrogens with zero attached hydrogens (tertiary/aromatic N) is 1. The standard InChI is InChI=1S/C50H92NO9P/c1-6-8-10-11-12-13-14-15-16-17-18-19-20-21-26-29-32-35-38-42-50(54)60-48(46-59-61(55,56)58-44-43-51(3,4)5)45-57-49(53)41-37-34-31-28-25-23-22-24-27-30-33-36-40-47(52)39-9-7-2/h22-23,27-28,30-31,36,40,47-48,52H,6-21,24-26,29,32-35,37-39,41-46H2,1-5H3/p+1/b23-22-,30-27-,31-28-,40-36-/t47-,48+/m0/s1. The SMILES string of the molecule is CCCCCCCCCCCCCCCCCCCCCC(=O)O[C@H](COC(=O)CCC/C=C\C/C=C\C/C=C\C/C=C\[C@@H](O)CCCC)COP(=O)(O)OCC[N+](C)(C)C. The molecule has 11 heteroatoms. The topological polar surface area (TPSA) is 129 Å². The Morgan fingerprint density at radius 2 is 1.03 bits per heavy atom. The minimum absolute atomic E-state index is 0.0165. The lowest BCUT2D eigenvalue weighted by molar-refractivity contribution is -0.870. The number of unbranched alkanes of at least 4 members (excludes halogenated alkanes) is 20. The van der Waals surface area contributed by atoms with Crippen LogP contribution in [0, 0.1) is 0 Å². The summed E-state index contributed by atoms with van der Waals surface area (Å²) in [5, 5.41) is 9.83. The van der Waals surface area contributed by atoms with Crippen molar-refractivity contribution < 1.29 is 47.2 Å². The summed E-state index contributed by atoms with van der Waals surface area (Å²) in [6, 6.07) is 0. The first-order valence-electron chi connectivity index (χ1n) is 24.5. The Kier molecular flexibility index (Phi) is 40.5. The Morgan fingerprint density at radius 1 is 0.574 bits per heavy atom. The highest BCUT2D eigenvalue weighted by Crippen LogP contribution is 2.43. The molecule has 0 aliphatic rings. The molecule has 0 saturated carbocycles. The molecule has 3 atom stereocenters. The third-order valence-corrected chi connectivity index (χ3v) is 11.4. The second-order valence-electron chi connectivity index (χ2n) is 17.7. The Balaban J connectivity index is 4.38. The molecule has 0 bridgehead atoms. The molecule has 0 amide bonds. The number of phosphoric ester groups is 1. The molecule has 0 aromatic rings. The smallest absolute Gasteiger partial charge is 0.462 e. The minimum Gasteiger partial charge on any atom is -0.462 e. The molecule has 0 aromatic carbocycles. The molecule has 0 aliphatic carbocycles. The zero-order chi connectivity index (χ0) is 45.1. The van der Waals surface area contributed by atoms with Gasteiger partial charge >= 0.3 is 19.8 Å². The number of phosphoric acid groups is 1. The van der Waals surface area contributed by atoms with Crippen molar-refractivity contribution in [1.29, 1.82) is 0 Å². The fourth-order valence-corrected chi connectivity index (χ4v) is 7.30. The van der Waals surface area contributed by atoms with Gasteiger partial charge in [0.15, 0.2) is 6.10 Å². The van der Waals surface area contributed by atoms with Crippen molar-refractivity contribution in [2.75, 3.05) is 47.5 Å². The molecule has 0 saturated heterocycles. The van der Waals surface area contributed by atoms with Gasteiger partial charge in [-0.05, 0) is 44.9 Å². The van der Waals surface area contributed by atoms with Crippen LogP contribution < -0.4 is 0 Å². The van der Waals surface area contributed by atoms with Crippen LogP contribution in [0.15, 0.2) is 48.6 Å². The number of carbonyl (C=O) groups excluding carboxylic acids is 2. The Morgan fingerprint density at radius 3 is 1.54 bits per heavy atom. The van der Waals surface area contributed by atoms with Crippen LogP contribution >= 0.6 is 7.82 Å². The molecule has 10 nitrogen and oxygen atoms in total. The first-order chi connectivity index (χ1) is 29.4. The number of ether oxygens (including phenoxy) is 2. The fourth-order valence-electron chi connectivity index (χ4n) is 6.56. The number of carbonyl (C=O) groups is 2. The van der Waals surface area contributed by atoms with Gasteiger partial charge in [-0.25, -0.2) is 4.57 Å². The molecule has 0 fully saturated rings. The van der Waals surface area contributed by atoms with Crippen LogP contribution in [0.3, 0.4) is 0 Å². The van der Waals surface area contributed by atoms with Crippen molar-refractivity contribution in [1.82, 2.24) is 0 Å². The average molecular weight is 883 g/mol. The van der Waals surface area contributed by atoms with Gasteiger partial charge in [0.2, 0.25) is 0 Å².